The normalized spacial score (nSPS) is 14.7. The summed E-state index contributed by atoms with van der Waals surface area (Å²) in [6.07, 6.45) is 3.39. The largest absolute Gasteiger partial charge is 0.322 e. The van der Waals surface area contributed by atoms with Gasteiger partial charge < -0.3 is 5.32 Å². The number of hydrogen-bond acceptors (Lipinski definition) is 4. The molecule has 0 atom stereocenters. The molecule has 2 aromatic carbocycles. The summed E-state index contributed by atoms with van der Waals surface area (Å²) in [6.45, 7) is 0.595. The summed E-state index contributed by atoms with van der Waals surface area (Å²) in [5.74, 6) is -1.09. The number of carbonyl (C=O) groups is 1. The van der Waals surface area contributed by atoms with Crippen LogP contribution in [0.2, 0.25) is 5.02 Å². The molecule has 148 valence electrons. The van der Waals surface area contributed by atoms with Crippen LogP contribution in [0.4, 0.5) is 10.1 Å². The Bertz CT molecular complexity index is 1000. The van der Waals surface area contributed by atoms with Crippen LogP contribution < -0.4 is 10.0 Å². The fraction of sp³-hybridized carbons (Fsp3) is 0.263. The number of sulfonamides is 1. The van der Waals surface area contributed by atoms with Gasteiger partial charge in [0.05, 0.1) is 15.5 Å². The Balaban J connectivity index is 1.80. The third-order valence-corrected chi connectivity index (χ3v) is 5.91. The lowest BCUT2D eigenvalue weighted by Crippen LogP contribution is -2.30. The van der Waals surface area contributed by atoms with Crippen molar-refractivity contribution >= 4 is 39.1 Å². The first kappa shape index (κ1) is 20.3. The molecule has 9 heteroatoms. The van der Waals surface area contributed by atoms with Crippen molar-refractivity contribution in [3.63, 3.8) is 0 Å². The minimum absolute atomic E-state index is 0.0307. The summed E-state index contributed by atoms with van der Waals surface area (Å²) >= 11 is 5.90. The number of amides is 1. The molecule has 2 aromatic rings. The Morgan fingerprint density at radius 1 is 1.11 bits per heavy atom. The van der Waals surface area contributed by atoms with Gasteiger partial charge in [-0.2, -0.15) is 0 Å². The Labute approximate surface area is 167 Å². The summed E-state index contributed by atoms with van der Waals surface area (Å²) in [5.41, 5.74) is -0.0987. The van der Waals surface area contributed by atoms with Gasteiger partial charge in [0.15, 0.2) is 0 Å². The van der Waals surface area contributed by atoms with Crippen LogP contribution in [0.5, 0.6) is 0 Å². The number of rotatable bonds is 4. The first-order valence-corrected chi connectivity index (χ1v) is 10.6. The van der Waals surface area contributed by atoms with Crippen LogP contribution in [-0.4, -0.2) is 26.7 Å². The van der Waals surface area contributed by atoms with Gasteiger partial charge in [-0.05, 0) is 43.2 Å². The Morgan fingerprint density at radius 3 is 2.68 bits per heavy atom. The van der Waals surface area contributed by atoms with Gasteiger partial charge in [0.25, 0.3) is 15.9 Å². The van der Waals surface area contributed by atoms with Crippen molar-refractivity contribution in [2.24, 2.45) is 4.99 Å². The number of halogens is 2. The van der Waals surface area contributed by atoms with E-state index < -0.39 is 21.7 Å². The molecule has 0 saturated carbocycles. The number of anilines is 1. The highest BCUT2D eigenvalue weighted by Crippen LogP contribution is 2.22. The third kappa shape index (κ3) is 4.88. The summed E-state index contributed by atoms with van der Waals surface area (Å²) in [4.78, 5) is 16.6. The molecule has 1 aliphatic heterocycles. The molecule has 2 N–H and O–H groups in total. The van der Waals surface area contributed by atoms with Crippen molar-refractivity contribution in [1.82, 2.24) is 4.72 Å². The topological polar surface area (TPSA) is 87.6 Å². The van der Waals surface area contributed by atoms with Crippen LogP contribution in [0.3, 0.4) is 0 Å². The standard InChI is InChI=1S/C19H19ClFN3O3S/c20-15-8-5-9-16(21)18(15)19(25)23-13-6-4-7-14(12-13)28(26,27)24-17-10-2-1-3-11-22-17/h4-9,12H,1-3,10-11H2,(H,22,24)(H,23,25). The maximum atomic E-state index is 13.9. The summed E-state index contributed by atoms with van der Waals surface area (Å²) in [7, 11) is -3.85. The van der Waals surface area contributed by atoms with Gasteiger partial charge in [0, 0.05) is 18.7 Å². The fourth-order valence-corrected chi connectivity index (χ4v) is 4.20. The number of carbonyl (C=O) groups excluding carboxylic acids is 1. The number of aliphatic imine (C=N–C) groups is 1. The highest BCUT2D eigenvalue weighted by Gasteiger charge is 2.19. The molecule has 0 aliphatic carbocycles. The van der Waals surface area contributed by atoms with Gasteiger partial charge in [0.2, 0.25) is 0 Å². The number of hydrogen-bond donors (Lipinski definition) is 2. The molecule has 0 fully saturated rings. The smallest absolute Gasteiger partial charge is 0.262 e. The number of amidine groups is 1. The maximum Gasteiger partial charge on any atom is 0.262 e. The van der Waals surface area contributed by atoms with Crippen LogP contribution >= 0.6 is 11.6 Å². The molecular weight excluding hydrogens is 405 g/mol. The van der Waals surface area contributed by atoms with Gasteiger partial charge in [-0.25, -0.2) is 12.8 Å². The molecule has 1 aliphatic rings. The minimum atomic E-state index is -3.85. The second kappa shape index (κ2) is 8.70. The predicted molar refractivity (Wildman–Crippen MR) is 107 cm³/mol. The average Bonchev–Trinajstić information content (AvgIpc) is 2.90. The van der Waals surface area contributed by atoms with E-state index in [1.54, 1.807) is 0 Å². The first-order chi connectivity index (χ1) is 13.4. The summed E-state index contributed by atoms with van der Waals surface area (Å²) < 4.78 is 41.7. The average molecular weight is 424 g/mol. The molecule has 0 saturated heterocycles. The lowest BCUT2D eigenvalue weighted by atomic mass is 10.2. The van der Waals surface area contributed by atoms with Crippen molar-refractivity contribution in [2.75, 3.05) is 11.9 Å². The van der Waals surface area contributed by atoms with Crippen molar-refractivity contribution in [2.45, 2.75) is 30.6 Å². The Hall–Kier alpha value is -2.45. The first-order valence-electron chi connectivity index (χ1n) is 8.78. The Kier molecular flexibility index (Phi) is 6.31. The molecule has 1 amide bonds. The molecule has 6 nitrogen and oxygen atoms in total. The van der Waals surface area contributed by atoms with Crippen molar-refractivity contribution in [3.8, 4) is 0 Å². The number of benzene rings is 2. The molecule has 0 aromatic heterocycles. The van der Waals surface area contributed by atoms with Crippen LogP contribution in [0, 0.1) is 5.82 Å². The van der Waals surface area contributed by atoms with E-state index in [1.165, 1.54) is 36.4 Å². The summed E-state index contributed by atoms with van der Waals surface area (Å²) in [6, 6.07) is 9.62. The predicted octanol–water partition coefficient (Wildman–Crippen LogP) is 3.98. The van der Waals surface area contributed by atoms with E-state index in [4.69, 9.17) is 11.6 Å². The van der Waals surface area contributed by atoms with Gasteiger partial charge in [-0.1, -0.05) is 30.2 Å². The van der Waals surface area contributed by atoms with E-state index in [0.717, 1.165) is 25.3 Å². The summed E-state index contributed by atoms with van der Waals surface area (Å²) in [5, 5.41) is 2.45. The van der Waals surface area contributed by atoms with E-state index in [1.807, 2.05) is 0 Å². The Morgan fingerprint density at radius 2 is 1.89 bits per heavy atom. The van der Waals surface area contributed by atoms with E-state index >= 15 is 0 Å². The third-order valence-electron chi connectivity index (χ3n) is 4.22. The molecule has 1 heterocycles. The van der Waals surface area contributed by atoms with Gasteiger partial charge in [0.1, 0.15) is 11.7 Å². The molecule has 0 bridgehead atoms. The highest BCUT2D eigenvalue weighted by atomic mass is 35.5. The molecular formula is C19H19ClFN3O3S. The van der Waals surface area contributed by atoms with Crippen molar-refractivity contribution < 1.29 is 17.6 Å². The van der Waals surface area contributed by atoms with Crippen LogP contribution in [0.15, 0.2) is 52.4 Å². The van der Waals surface area contributed by atoms with Gasteiger partial charge >= 0.3 is 0 Å². The van der Waals surface area contributed by atoms with E-state index in [0.29, 0.717) is 18.8 Å². The molecule has 28 heavy (non-hydrogen) atoms. The van der Waals surface area contributed by atoms with Crippen LogP contribution in [0.25, 0.3) is 0 Å². The molecule has 0 spiro atoms. The molecule has 0 unspecified atom stereocenters. The van der Waals surface area contributed by atoms with Crippen molar-refractivity contribution in [3.05, 3.63) is 58.9 Å². The fourth-order valence-electron chi connectivity index (χ4n) is 2.82. The van der Waals surface area contributed by atoms with Crippen LogP contribution in [-0.2, 0) is 10.0 Å². The quantitative estimate of drug-likeness (QED) is 0.779. The molecule has 3 rings (SSSR count). The lowest BCUT2D eigenvalue weighted by molar-refractivity contribution is 0.102. The van der Waals surface area contributed by atoms with E-state index in [9.17, 15) is 17.6 Å². The van der Waals surface area contributed by atoms with E-state index in [2.05, 4.69) is 15.0 Å². The number of nitrogens with zero attached hydrogens (tertiary/aromatic N) is 1. The zero-order chi connectivity index (χ0) is 20.1. The van der Waals surface area contributed by atoms with Gasteiger partial charge in [-0.15, -0.1) is 0 Å². The second-order valence-corrected chi connectivity index (χ2v) is 8.41. The monoisotopic (exact) mass is 423 g/mol. The minimum Gasteiger partial charge on any atom is -0.322 e. The maximum absolute atomic E-state index is 13.9. The molecule has 0 radical (unpaired) electrons. The zero-order valence-corrected chi connectivity index (χ0v) is 16.5. The van der Waals surface area contributed by atoms with Gasteiger partial charge in [-0.3, -0.25) is 14.5 Å². The number of nitrogens with one attached hydrogen (secondary N) is 2. The second-order valence-electron chi connectivity index (χ2n) is 6.32. The van der Waals surface area contributed by atoms with Crippen LogP contribution in [0.1, 0.15) is 36.0 Å². The zero-order valence-electron chi connectivity index (χ0n) is 14.9. The highest BCUT2D eigenvalue weighted by molar-refractivity contribution is 7.90. The SMILES string of the molecule is O=C(Nc1cccc(S(=O)(=O)NC2=NCCCCC2)c1)c1c(F)cccc1Cl. The lowest BCUT2D eigenvalue weighted by Gasteiger charge is -2.12. The van der Waals surface area contributed by atoms with Crippen molar-refractivity contribution in [1.29, 1.82) is 0 Å². The van der Waals surface area contributed by atoms with E-state index in [-0.39, 0.29) is 21.2 Å².